The highest BCUT2D eigenvalue weighted by Gasteiger charge is 2.19. The third-order valence-corrected chi connectivity index (χ3v) is 3.86. The second-order valence-electron chi connectivity index (χ2n) is 7.45. The van der Waals surface area contributed by atoms with Gasteiger partial charge in [-0.1, -0.05) is 6.92 Å². The lowest BCUT2D eigenvalue weighted by Crippen LogP contribution is -2.49. The zero-order valence-electron chi connectivity index (χ0n) is 17.1. The molecule has 1 amide bonds. The topological polar surface area (TPSA) is 78.0 Å². The molecule has 1 fully saturated rings. The molecule has 3 N–H and O–H groups in total. The van der Waals surface area contributed by atoms with E-state index in [9.17, 15) is 4.79 Å². The summed E-state index contributed by atoms with van der Waals surface area (Å²) in [6.07, 6.45) is 3.09. The van der Waals surface area contributed by atoms with Gasteiger partial charge in [0.2, 0.25) is 0 Å². The number of alkyl carbamates (subject to hydrolysis) is 1. The molecule has 0 radical (unpaired) electrons. The Morgan fingerprint density at radius 3 is 2.38 bits per heavy atom. The number of likely N-dealkylation sites (tertiary alicyclic amines) is 1. The van der Waals surface area contributed by atoms with Crippen LogP contribution < -0.4 is 16.0 Å². The number of amides is 1. The molecule has 0 aromatic heterocycles. The number of piperidine rings is 1. The van der Waals surface area contributed by atoms with E-state index in [0.717, 1.165) is 38.4 Å². The molecule has 8 heteroatoms. The Balaban J connectivity index is 0.00000625. The molecule has 1 rings (SSSR count). The third-order valence-electron chi connectivity index (χ3n) is 3.86. The van der Waals surface area contributed by atoms with Crippen LogP contribution in [0.2, 0.25) is 0 Å². The van der Waals surface area contributed by atoms with Crippen LogP contribution in [0.25, 0.3) is 0 Å². The van der Waals surface area contributed by atoms with Gasteiger partial charge >= 0.3 is 6.09 Å². The van der Waals surface area contributed by atoms with E-state index in [1.807, 2.05) is 20.8 Å². The highest BCUT2D eigenvalue weighted by Crippen LogP contribution is 2.10. The molecule has 0 saturated carbocycles. The van der Waals surface area contributed by atoms with Crippen molar-refractivity contribution >= 4 is 36.0 Å². The number of rotatable bonds is 7. The second-order valence-corrected chi connectivity index (χ2v) is 7.45. The first kappa shape index (κ1) is 25.2. The molecule has 0 unspecified atom stereocenters. The van der Waals surface area contributed by atoms with Gasteiger partial charge in [0.15, 0.2) is 5.96 Å². The Hall–Kier alpha value is -0.770. The van der Waals surface area contributed by atoms with Gasteiger partial charge in [-0.2, -0.15) is 0 Å². The van der Waals surface area contributed by atoms with Crippen molar-refractivity contribution in [3.63, 3.8) is 0 Å². The average Bonchev–Trinajstić information content (AvgIpc) is 2.52. The second kappa shape index (κ2) is 13.4. The highest BCUT2D eigenvalue weighted by molar-refractivity contribution is 14.0. The van der Waals surface area contributed by atoms with E-state index >= 15 is 0 Å². The molecule has 26 heavy (non-hydrogen) atoms. The first-order valence-electron chi connectivity index (χ1n) is 9.58. The maximum atomic E-state index is 11.6. The number of guanidine groups is 1. The lowest BCUT2D eigenvalue weighted by Gasteiger charge is -2.32. The van der Waals surface area contributed by atoms with Crippen LogP contribution in [0, 0.1) is 0 Å². The number of nitrogens with zero attached hydrogens (tertiary/aromatic N) is 2. The molecule has 0 spiro atoms. The number of hydrogen-bond donors (Lipinski definition) is 3. The van der Waals surface area contributed by atoms with E-state index in [2.05, 4.69) is 39.7 Å². The predicted octanol–water partition coefficient (Wildman–Crippen LogP) is 2.56. The number of halogens is 1. The van der Waals surface area contributed by atoms with Gasteiger partial charge in [-0.15, -0.1) is 24.0 Å². The van der Waals surface area contributed by atoms with Gasteiger partial charge in [-0.25, -0.2) is 4.79 Å². The molecule has 154 valence electrons. The Labute approximate surface area is 176 Å². The minimum absolute atomic E-state index is 0. The van der Waals surface area contributed by atoms with Crippen molar-refractivity contribution in [3.05, 3.63) is 0 Å². The molecular weight excluding hydrogens is 445 g/mol. The Kier molecular flexibility index (Phi) is 13.0. The SMILES string of the molecule is CCCN1CCC(NC(=NCCNC(=O)OC(C)(C)C)NCC)CC1.I. The summed E-state index contributed by atoms with van der Waals surface area (Å²) in [6.45, 7) is 15.1. The Bertz CT molecular complexity index is 418. The van der Waals surface area contributed by atoms with Crippen LogP contribution in [0.1, 0.15) is 53.9 Å². The van der Waals surface area contributed by atoms with Gasteiger partial charge in [-0.3, -0.25) is 4.99 Å². The molecule has 1 aliphatic heterocycles. The summed E-state index contributed by atoms with van der Waals surface area (Å²) in [4.78, 5) is 18.7. The highest BCUT2D eigenvalue weighted by atomic mass is 127. The zero-order valence-corrected chi connectivity index (χ0v) is 19.4. The number of carbonyl (C=O) groups is 1. The van der Waals surface area contributed by atoms with E-state index in [0.29, 0.717) is 19.1 Å². The molecule has 0 atom stereocenters. The Morgan fingerprint density at radius 2 is 1.85 bits per heavy atom. The normalized spacial score (nSPS) is 16.6. The fourth-order valence-electron chi connectivity index (χ4n) is 2.77. The molecule has 0 aliphatic carbocycles. The van der Waals surface area contributed by atoms with Crippen molar-refractivity contribution in [2.45, 2.75) is 65.5 Å². The van der Waals surface area contributed by atoms with Crippen LogP contribution in [0.15, 0.2) is 4.99 Å². The van der Waals surface area contributed by atoms with Gasteiger partial charge in [0.25, 0.3) is 0 Å². The van der Waals surface area contributed by atoms with Gasteiger partial charge in [-0.05, 0) is 53.5 Å². The van der Waals surface area contributed by atoms with Crippen LogP contribution in [-0.4, -0.2) is 67.9 Å². The Morgan fingerprint density at radius 1 is 1.19 bits per heavy atom. The van der Waals surface area contributed by atoms with Crippen molar-refractivity contribution in [3.8, 4) is 0 Å². The predicted molar refractivity (Wildman–Crippen MR) is 119 cm³/mol. The molecule has 7 nitrogen and oxygen atoms in total. The van der Waals surface area contributed by atoms with E-state index in [4.69, 9.17) is 4.74 Å². The molecule has 0 bridgehead atoms. The zero-order chi connectivity index (χ0) is 18.7. The molecule has 1 saturated heterocycles. The summed E-state index contributed by atoms with van der Waals surface area (Å²) in [7, 11) is 0. The van der Waals surface area contributed by atoms with E-state index in [1.54, 1.807) is 0 Å². The fraction of sp³-hybridized carbons (Fsp3) is 0.889. The molecular formula is C18H38IN5O2. The van der Waals surface area contributed by atoms with Crippen LogP contribution >= 0.6 is 24.0 Å². The fourth-order valence-corrected chi connectivity index (χ4v) is 2.77. The van der Waals surface area contributed by atoms with Crippen LogP contribution in [0.5, 0.6) is 0 Å². The minimum Gasteiger partial charge on any atom is -0.444 e. The standard InChI is InChI=1S/C18H37N5O2.HI/c1-6-12-23-13-8-15(9-14-23)22-16(19-7-2)20-10-11-21-17(24)25-18(3,4)5;/h15H,6-14H2,1-5H3,(H,21,24)(H2,19,20,22);1H. The lowest BCUT2D eigenvalue weighted by atomic mass is 10.1. The number of carbonyl (C=O) groups excluding carboxylic acids is 1. The monoisotopic (exact) mass is 483 g/mol. The summed E-state index contributed by atoms with van der Waals surface area (Å²) in [5, 5.41) is 9.52. The smallest absolute Gasteiger partial charge is 0.407 e. The summed E-state index contributed by atoms with van der Waals surface area (Å²) in [6, 6.07) is 0.463. The van der Waals surface area contributed by atoms with E-state index in [-0.39, 0.29) is 24.0 Å². The van der Waals surface area contributed by atoms with Crippen molar-refractivity contribution in [2.24, 2.45) is 4.99 Å². The summed E-state index contributed by atoms with van der Waals surface area (Å²) < 4.78 is 5.21. The number of hydrogen-bond acceptors (Lipinski definition) is 4. The van der Waals surface area contributed by atoms with Crippen molar-refractivity contribution in [1.82, 2.24) is 20.9 Å². The van der Waals surface area contributed by atoms with E-state index in [1.165, 1.54) is 13.0 Å². The van der Waals surface area contributed by atoms with Gasteiger partial charge in [0, 0.05) is 32.2 Å². The summed E-state index contributed by atoms with van der Waals surface area (Å²) in [5.41, 5.74) is -0.476. The number of nitrogens with one attached hydrogen (secondary N) is 3. The lowest BCUT2D eigenvalue weighted by molar-refractivity contribution is 0.0529. The maximum Gasteiger partial charge on any atom is 0.407 e. The third kappa shape index (κ3) is 11.8. The number of aliphatic imine (C=N–C) groups is 1. The molecule has 0 aromatic rings. The minimum atomic E-state index is -0.476. The van der Waals surface area contributed by atoms with Crippen LogP contribution in [0.3, 0.4) is 0 Å². The van der Waals surface area contributed by atoms with Gasteiger partial charge in [0.05, 0.1) is 6.54 Å². The largest absolute Gasteiger partial charge is 0.444 e. The maximum absolute atomic E-state index is 11.6. The number of ether oxygens (including phenoxy) is 1. The van der Waals surface area contributed by atoms with Gasteiger partial charge in [0.1, 0.15) is 5.60 Å². The first-order valence-corrected chi connectivity index (χ1v) is 9.58. The van der Waals surface area contributed by atoms with Crippen molar-refractivity contribution in [1.29, 1.82) is 0 Å². The van der Waals surface area contributed by atoms with Crippen LogP contribution in [-0.2, 0) is 4.74 Å². The molecule has 0 aromatic carbocycles. The average molecular weight is 483 g/mol. The molecule has 1 aliphatic rings. The summed E-state index contributed by atoms with van der Waals surface area (Å²) in [5.74, 6) is 0.822. The van der Waals surface area contributed by atoms with E-state index < -0.39 is 11.7 Å². The van der Waals surface area contributed by atoms with Crippen molar-refractivity contribution < 1.29 is 9.53 Å². The van der Waals surface area contributed by atoms with Crippen molar-refractivity contribution in [2.75, 3.05) is 39.3 Å². The summed E-state index contributed by atoms with van der Waals surface area (Å²) >= 11 is 0. The van der Waals surface area contributed by atoms with Crippen LogP contribution in [0.4, 0.5) is 4.79 Å². The molecule has 1 heterocycles. The van der Waals surface area contributed by atoms with Gasteiger partial charge < -0.3 is 25.6 Å². The quantitative estimate of drug-likeness (QED) is 0.225. The first-order chi connectivity index (χ1) is 11.8.